The van der Waals surface area contributed by atoms with Crippen LogP contribution in [0.25, 0.3) is 10.9 Å². The fraction of sp³-hybridized carbons (Fsp3) is 0.357. The van der Waals surface area contributed by atoms with Gasteiger partial charge in [-0.3, -0.25) is 14.8 Å². The first kappa shape index (κ1) is 25.6. The van der Waals surface area contributed by atoms with Crippen LogP contribution in [-0.2, 0) is 11.2 Å². The van der Waals surface area contributed by atoms with Crippen LogP contribution in [0.2, 0.25) is 0 Å². The average molecular weight is 548 g/mol. The SMILES string of the molecule is O=C(Cc1cc(Nc2ncnc3cc(OCCCN4CC5CC4CC5S)ccc23)n[nH]1)Nc1cccc(F)c1. The Morgan fingerprint density at radius 3 is 2.92 bits per heavy atom. The first-order chi connectivity index (χ1) is 19.0. The van der Waals surface area contributed by atoms with Crippen LogP contribution in [0, 0.1) is 11.7 Å². The number of hydrogen-bond acceptors (Lipinski definition) is 8. The lowest BCUT2D eigenvalue weighted by Crippen LogP contribution is -2.36. The van der Waals surface area contributed by atoms with Crippen molar-refractivity contribution in [3.8, 4) is 5.75 Å². The summed E-state index contributed by atoms with van der Waals surface area (Å²) in [6, 6.07) is 14.0. The van der Waals surface area contributed by atoms with Crippen LogP contribution in [0.5, 0.6) is 5.75 Å². The maximum atomic E-state index is 13.3. The van der Waals surface area contributed by atoms with Gasteiger partial charge >= 0.3 is 0 Å². The van der Waals surface area contributed by atoms with E-state index in [9.17, 15) is 9.18 Å². The number of likely N-dealkylation sites (tertiary alicyclic amines) is 1. The summed E-state index contributed by atoms with van der Waals surface area (Å²) in [6.45, 7) is 2.88. The minimum absolute atomic E-state index is 0.0606. The van der Waals surface area contributed by atoms with Crippen LogP contribution < -0.4 is 15.4 Å². The molecule has 1 aliphatic heterocycles. The third-order valence-electron chi connectivity index (χ3n) is 7.42. The number of hydrogen-bond donors (Lipinski definition) is 4. The molecular formula is C28H30FN7O2S. The highest BCUT2D eigenvalue weighted by Crippen LogP contribution is 2.40. The molecule has 2 bridgehead atoms. The van der Waals surface area contributed by atoms with E-state index in [1.807, 2.05) is 18.2 Å². The molecule has 0 radical (unpaired) electrons. The zero-order valence-electron chi connectivity index (χ0n) is 21.3. The third-order valence-corrected chi connectivity index (χ3v) is 8.05. The molecule has 3 heterocycles. The van der Waals surface area contributed by atoms with Crippen molar-refractivity contribution in [3.05, 3.63) is 66.4 Å². The standard InChI is InChI=1S/C28H30FN7O2S/c29-18-3-1-4-19(10-18)32-27(37)12-20-11-26(35-34-20)33-28-23-6-5-22(14-24(23)30-16-31-28)38-8-2-7-36-15-17-9-21(36)13-25(17)39/h1,3-6,10-11,14,16-17,21,25,39H,2,7-9,12-13,15H2,(H,32,37)(H2,30,31,33,34,35). The Morgan fingerprint density at radius 2 is 2.10 bits per heavy atom. The summed E-state index contributed by atoms with van der Waals surface area (Å²) in [4.78, 5) is 23.7. The second kappa shape index (κ2) is 11.2. The molecule has 2 fully saturated rings. The lowest BCUT2D eigenvalue weighted by Gasteiger charge is -2.29. The van der Waals surface area contributed by atoms with Gasteiger partial charge in [0.25, 0.3) is 0 Å². The van der Waals surface area contributed by atoms with Gasteiger partial charge in [0.1, 0.15) is 23.7 Å². The van der Waals surface area contributed by atoms with E-state index in [2.05, 4.69) is 35.7 Å². The Labute approximate surface area is 231 Å². The normalized spacial score (nSPS) is 20.4. The molecule has 3 unspecified atom stereocenters. The van der Waals surface area contributed by atoms with Crippen LogP contribution in [-0.4, -0.2) is 62.0 Å². The van der Waals surface area contributed by atoms with Crippen molar-refractivity contribution in [1.82, 2.24) is 25.1 Å². The van der Waals surface area contributed by atoms with E-state index >= 15 is 0 Å². The van der Waals surface area contributed by atoms with Crippen LogP contribution in [0.15, 0.2) is 54.9 Å². The Hall–Kier alpha value is -3.70. The van der Waals surface area contributed by atoms with Gasteiger partial charge in [-0.2, -0.15) is 17.7 Å². The molecule has 3 N–H and O–H groups in total. The van der Waals surface area contributed by atoms with Crippen molar-refractivity contribution in [1.29, 1.82) is 0 Å². The minimum Gasteiger partial charge on any atom is -0.493 e. The van der Waals surface area contributed by atoms with Crippen LogP contribution in [0.4, 0.5) is 21.7 Å². The molecule has 2 aliphatic rings. The van der Waals surface area contributed by atoms with E-state index in [4.69, 9.17) is 17.4 Å². The van der Waals surface area contributed by atoms with Gasteiger partial charge in [0.15, 0.2) is 5.82 Å². The molecule has 3 atom stereocenters. The third kappa shape index (κ3) is 5.99. The number of aromatic amines is 1. The Balaban J connectivity index is 1.02. The summed E-state index contributed by atoms with van der Waals surface area (Å²) in [6.07, 6.45) is 5.04. The highest BCUT2D eigenvalue weighted by molar-refractivity contribution is 7.81. The average Bonchev–Trinajstić information content (AvgIpc) is 3.62. The molecule has 11 heteroatoms. The zero-order valence-corrected chi connectivity index (χ0v) is 22.2. The number of ether oxygens (including phenoxy) is 1. The quantitative estimate of drug-likeness (QED) is 0.170. The van der Waals surface area contributed by atoms with Gasteiger partial charge in [-0.05, 0) is 55.5 Å². The molecule has 2 aromatic heterocycles. The van der Waals surface area contributed by atoms with E-state index in [0.29, 0.717) is 40.9 Å². The highest BCUT2D eigenvalue weighted by atomic mass is 32.1. The summed E-state index contributed by atoms with van der Waals surface area (Å²) >= 11 is 4.70. The molecular weight excluding hydrogens is 517 g/mol. The fourth-order valence-corrected chi connectivity index (χ4v) is 6.02. The van der Waals surface area contributed by atoms with Gasteiger partial charge in [-0.1, -0.05) is 6.07 Å². The Morgan fingerprint density at radius 1 is 1.18 bits per heavy atom. The van der Waals surface area contributed by atoms with Crippen LogP contribution >= 0.6 is 12.6 Å². The number of piperidine rings is 1. The topological polar surface area (TPSA) is 108 Å². The van der Waals surface area contributed by atoms with Gasteiger partial charge in [0.2, 0.25) is 5.91 Å². The molecule has 39 heavy (non-hydrogen) atoms. The molecule has 0 spiro atoms. The van der Waals surface area contributed by atoms with Crippen molar-refractivity contribution in [3.63, 3.8) is 0 Å². The number of amides is 1. The van der Waals surface area contributed by atoms with Crippen molar-refractivity contribution >= 4 is 46.8 Å². The molecule has 1 amide bonds. The van der Waals surface area contributed by atoms with Crippen molar-refractivity contribution in [2.75, 3.05) is 30.3 Å². The monoisotopic (exact) mass is 547 g/mol. The van der Waals surface area contributed by atoms with Crippen LogP contribution in [0.1, 0.15) is 25.0 Å². The van der Waals surface area contributed by atoms with Gasteiger partial charge in [-0.25, -0.2) is 14.4 Å². The predicted molar refractivity (Wildman–Crippen MR) is 151 cm³/mol. The molecule has 202 valence electrons. The molecule has 4 aromatic rings. The van der Waals surface area contributed by atoms with Gasteiger partial charge in [-0.15, -0.1) is 0 Å². The second-order valence-electron chi connectivity index (χ2n) is 10.2. The van der Waals surface area contributed by atoms with E-state index in [1.165, 1.54) is 37.8 Å². The summed E-state index contributed by atoms with van der Waals surface area (Å²) < 4.78 is 19.4. The van der Waals surface area contributed by atoms with Crippen molar-refractivity contribution < 1.29 is 13.9 Å². The molecule has 9 nitrogen and oxygen atoms in total. The number of H-pyrrole nitrogens is 1. The van der Waals surface area contributed by atoms with Crippen LogP contribution in [0.3, 0.4) is 0 Å². The zero-order chi connectivity index (χ0) is 26.8. The molecule has 6 rings (SSSR count). The second-order valence-corrected chi connectivity index (χ2v) is 10.9. The van der Waals surface area contributed by atoms with Gasteiger partial charge in [0, 0.05) is 53.3 Å². The first-order valence-electron chi connectivity index (χ1n) is 13.2. The predicted octanol–water partition coefficient (Wildman–Crippen LogP) is 4.58. The fourth-order valence-electron chi connectivity index (χ4n) is 5.56. The number of carbonyl (C=O) groups excluding carboxylic acids is 1. The minimum atomic E-state index is -0.409. The number of halogens is 1. The summed E-state index contributed by atoms with van der Waals surface area (Å²) in [7, 11) is 0. The van der Waals surface area contributed by atoms with Gasteiger partial charge < -0.3 is 15.4 Å². The summed E-state index contributed by atoms with van der Waals surface area (Å²) in [5, 5.41) is 14.4. The number of aromatic nitrogens is 4. The van der Waals surface area contributed by atoms with E-state index in [1.54, 1.807) is 18.2 Å². The lowest BCUT2D eigenvalue weighted by molar-refractivity contribution is -0.115. The summed E-state index contributed by atoms with van der Waals surface area (Å²) in [5.41, 5.74) is 1.76. The van der Waals surface area contributed by atoms with Crippen molar-refractivity contribution in [2.24, 2.45) is 5.92 Å². The maximum absolute atomic E-state index is 13.3. The highest BCUT2D eigenvalue weighted by Gasteiger charge is 2.42. The molecule has 2 aromatic carbocycles. The van der Waals surface area contributed by atoms with Gasteiger partial charge in [0.05, 0.1) is 18.5 Å². The number of rotatable bonds is 10. The van der Waals surface area contributed by atoms with E-state index in [-0.39, 0.29) is 12.3 Å². The number of carbonyl (C=O) groups is 1. The number of nitrogens with one attached hydrogen (secondary N) is 3. The summed E-state index contributed by atoms with van der Waals surface area (Å²) in [5.74, 6) is 1.95. The number of fused-ring (bicyclic) bond motifs is 3. The number of benzene rings is 2. The van der Waals surface area contributed by atoms with Crippen molar-refractivity contribution in [2.45, 2.75) is 37.0 Å². The molecule has 1 saturated heterocycles. The lowest BCUT2D eigenvalue weighted by atomic mass is 10.1. The smallest absolute Gasteiger partial charge is 0.230 e. The molecule has 1 aliphatic carbocycles. The number of anilines is 3. The maximum Gasteiger partial charge on any atom is 0.230 e. The largest absolute Gasteiger partial charge is 0.493 e. The Bertz CT molecular complexity index is 1480. The first-order valence-corrected chi connectivity index (χ1v) is 13.7. The molecule has 1 saturated carbocycles. The van der Waals surface area contributed by atoms with E-state index in [0.717, 1.165) is 35.5 Å². The number of nitrogens with zero attached hydrogens (tertiary/aromatic N) is 4. The number of thiol groups is 1. The Kier molecular flexibility index (Phi) is 7.34. The van der Waals surface area contributed by atoms with E-state index < -0.39 is 5.82 Å².